The summed E-state index contributed by atoms with van der Waals surface area (Å²) in [6.45, 7) is 1.97. The van der Waals surface area contributed by atoms with Gasteiger partial charge in [0.25, 0.3) is 0 Å². The van der Waals surface area contributed by atoms with Crippen LogP contribution in [0.3, 0.4) is 0 Å². The molecule has 0 amide bonds. The van der Waals surface area contributed by atoms with Crippen LogP contribution in [0.2, 0.25) is 0 Å². The molecule has 0 saturated carbocycles. The van der Waals surface area contributed by atoms with Crippen LogP contribution in [0.4, 0.5) is 4.39 Å². The summed E-state index contributed by atoms with van der Waals surface area (Å²) in [7, 11) is 0. The molecule has 4 nitrogen and oxygen atoms in total. The molecule has 3 rings (SSSR count). The van der Waals surface area contributed by atoms with Gasteiger partial charge in [-0.1, -0.05) is 35.9 Å². The van der Waals surface area contributed by atoms with Gasteiger partial charge in [0.05, 0.1) is 11.4 Å². The van der Waals surface area contributed by atoms with Gasteiger partial charge >= 0.3 is 5.97 Å². The summed E-state index contributed by atoms with van der Waals surface area (Å²) in [4.78, 5) is 11.4. The fourth-order valence-corrected chi connectivity index (χ4v) is 2.20. The number of aromatic nitrogens is 2. The van der Waals surface area contributed by atoms with Gasteiger partial charge in [-0.2, -0.15) is 5.10 Å². The fourth-order valence-electron chi connectivity index (χ4n) is 2.20. The number of nitrogens with zero attached hydrogens (tertiary/aromatic N) is 2. The summed E-state index contributed by atoms with van der Waals surface area (Å²) >= 11 is 0. The number of aromatic carboxylic acids is 1. The lowest BCUT2D eigenvalue weighted by atomic mass is 10.1. The third kappa shape index (κ3) is 2.61. The molecule has 0 saturated heterocycles. The number of hydrogen-bond acceptors (Lipinski definition) is 2. The quantitative estimate of drug-likeness (QED) is 0.802. The van der Waals surface area contributed by atoms with Gasteiger partial charge in [0.2, 0.25) is 0 Å². The minimum absolute atomic E-state index is 0.0128. The zero-order valence-corrected chi connectivity index (χ0v) is 11.8. The van der Waals surface area contributed by atoms with E-state index in [1.807, 2.05) is 31.2 Å². The molecule has 0 spiro atoms. The molecule has 0 aliphatic rings. The van der Waals surface area contributed by atoms with Crippen molar-refractivity contribution in [3.05, 3.63) is 71.7 Å². The normalized spacial score (nSPS) is 10.6. The van der Waals surface area contributed by atoms with Gasteiger partial charge in [0.1, 0.15) is 5.82 Å². The number of halogens is 1. The van der Waals surface area contributed by atoms with Gasteiger partial charge in [0.15, 0.2) is 5.69 Å². The van der Waals surface area contributed by atoms with Crippen LogP contribution in [0.25, 0.3) is 16.9 Å². The van der Waals surface area contributed by atoms with Crippen molar-refractivity contribution in [1.82, 2.24) is 9.78 Å². The highest BCUT2D eigenvalue weighted by molar-refractivity contribution is 5.88. The van der Waals surface area contributed by atoms with Crippen molar-refractivity contribution >= 4 is 5.97 Å². The second-order valence-electron chi connectivity index (χ2n) is 4.98. The predicted octanol–water partition coefficient (Wildman–Crippen LogP) is 3.69. The predicted molar refractivity (Wildman–Crippen MR) is 80.7 cm³/mol. The van der Waals surface area contributed by atoms with Crippen molar-refractivity contribution in [3.8, 4) is 16.9 Å². The molecule has 1 aromatic heterocycles. The van der Waals surface area contributed by atoms with Crippen LogP contribution in [0.1, 0.15) is 16.1 Å². The van der Waals surface area contributed by atoms with Crippen molar-refractivity contribution in [1.29, 1.82) is 0 Å². The molecule has 3 aromatic rings. The van der Waals surface area contributed by atoms with E-state index < -0.39 is 11.8 Å². The van der Waals surface area contributed by atoms with E-state index in [0.717, 1.165) is 11.1 Å². The standard InChI is InChI=1S/C17H13FN2O2/c1-11-5-7-12(8-6-11)15-10-16(17(21)22)20(19-15)14-4-2-3-13(18)9-14/h2-10H,1H3,(H,21,22). The van der Waals surface area contributed by atoms with E-state index in [9.17, 15) is 14.3 Å². The molecule has 0 radical (unpaired) electrons. The number of rotatable bonds is 3. The molecule has 0 aliphatic carbocycles. The number of hydrogen-bond donors (Lipinski definition) is 1. The maximum absolute atomic E-state index is 13.4. The molecule has 0 aliphatic heterocycles. The molecular weight excluding hydrogens is 283 g/mol. The maximum atomic E-state index is 13.4. The van der Waals surface area contributed by atoms with E-state index in [1.54, 1.807) is 6.07 Å². The summed E-state index contributed by atoms with van der Waals surface area (Å²) in [6, 6.07) is 14.8. The van der Waals surface area contributed by atoms with Gasteiger partial charge in [-0.15, -0.1) is 0 Å². The Hall–Kier alpha value is -2.95. The van der Waals surface area contributed by atoms with Gasteiger partial charge < -0.3 is 5.11 Å². The molecule has 2 aromatic carbocycles. The highest BCUT2D eigenvalue weighted by atomic mass is 19.1. The lowest BCUT2D eigenvalue weighted by molar-refractivity contribution is 0.0687. The highest BCUT2D eigenvalue weighted by Crippen LogP contribution is 2.22. The van der Waals surface area contributed by atoms with Crippen molar-refractivity contribution in [3.63, 3.8) is 0 Å². The minimum atomic E-state index is -1.12. The van der Waals surface area contributed by atoms with E-state index in [-0.39, 0.29) is 5.69 Å². The Kier molecular flexibility index (Phi) is 3.47. The summed E-state index contributed by atoms with van der Waals surface area (Å²) in [5.41, 5.74) is 2.80. The first-order chi connectivity index (χ1) is 10.5. The van der Waals surface area contributed by atoms with Gasteiger partial charge in [-0.25, -0.2) is 13.9 Å². The third-order valence-electron chi connectivity index (χ3n) is 3.33. The number of carboxylic acids is 1. The molecule has 0 bridgehead atoms. The van der Waals surface area contributed by atoms with E-state index in [2.05, 4.69) is 5.10 Å². The van der Waals surface area contributed by atoms with Gasteiger partial charge in [0, 0.05) is 5.56 Å². The molecule has 1 N–H and O–H groups in total. The van der Waals surface area contributed by atoms with E-state index in [0.29, 0.717) is 11.4 Å². The molecule has 0 fully saturated rings. The summed E-state index contributed by atoms with van der Waals surface area (Å²) in [6.07, 6.45) is 0. The second kappa shape index (κ2) is 5.44. The van der Waals surface area contributed by atoms with Crippen molar-refractivity contribution < 1.29 is 14.3 Å². The molecule has 110 valence electrons. The van der Waals surface area contributed by atoms with E-state index in [4.69, 9.17) is 0 Å². The van der Waals surface area contributed by atoms with E-state index >= 15 is 0 Å². The first kappa shape index (κ1) is 14.0. The van der Waals surface area contributed by atoms with Gasteiger partial charge in [-0.05, 0) is 31.2 Å². The molecule has 0 unspecified atom stereocenters. The van der Waals surface area contributed by atoms with Crippen LogP contribution >= 0.6 is 0 Å². The first-order valence-corrected chi connectivity index (χ1v) is 6.71. The molecule has 1 heterocycles. The minimum Gasteiger partial charge on any atom is -0.477 e. The smallest absolute Gasteiger partial charge is 0.354 e. The Morgan fingerprint density at radius 2 is 1.86 bits per heavy atom. The topological polar surface area (TPSA) is 55.1 Å². The fraction of sp³-hybridized carbons (Fsp3) is 0.0588. The molecule has 22 heavy (non-hydrogen) atoms. The Labute approximate surface area is 126 Å². The van der Waals surface area contributed by atoms with Crippen LogP contribution in [0.5, 0.6) is 0 Å². The average molecular weight is 296 g/mol. The molecule has 5 heteroatoms. The van der Waals surface area contributed by atoms with Crippen molar-refractivity contribution in [2.24, 2.45) is 0 Å². The zero-order chi connectivity index (χ0) is 15.7. The maximum Gasteiger partial charge on any atom is 0.354 e. The van der Waals surface area contributed by atoms with Gasteiger partial charge in [-0.3, -0.25) is 0 Å². The summed E-state index contributed by atoms with van der Waals surface area (Å²) in [5.74, 6) is -1.56. The summed E-state index contributed by atoms with van der Waals surface area (Å²) < 4.78 is 14.6. The number of carboxylic acid groups (broad SMARTS) is 1. The SMILES string of the molecule is Cc1ccc(-c2cc(C(=O)O)n(-c3cccc(F)c3)n2)cc1. The van der Waals surface area contributed by atoms with E-state index in [1.165, 1.54) is 28.9 Å². The van der Waals surface area contributed by atoms with Crippen molar-refractivity contribution in [2.45, 2.75) is 6.92 Å². The Bertz CT molecular complexity index is 838. The molecular formula is C17H13FN2O2. The van der Waals surface area contributed by atoms with Crippen LogP contribution in [-0.2, 0) is 0 Å². The van der Waals surface area contributed by atoms with Crippen LogP contribution in [0, 0.1) is 12.7 Å². The average Bonchev–Trinajstić information content (AvgIpc) is 2.93. The first-order valence-electron chi connectivity index (χ1n) is 6.71. The highest BCUT2D eigenvalue weighted by Gasteiger charge is 2.16. The largest absolute Gasteiger partial charge is 0.477 e. The van der Waals surface area contributed by atoms with Crippen LogP contribution in [-0.4, -0.2) is 20.9 Å². The Morgan fingerprint density at radius 3 is 2.50 bits per heavy atom. The number of carbonyl (C=O) groups is 1. The van der Waals surface area contributed by atoms with Crippen LogP contribution in [0.15, 0.2) is 54.6 Å². The molecule has 0 atom stereocenters. The lowest BCUT2D eigenvalue weighted by Gasteiger charge is -2.04. The zero-order valence-electron chi connectivity index (χ0n) is 11.8. The number of benzene rings is 2. The Morgan fingerprint density at radius 1 is 1.14 bits per heavy atom. The number of aryl methyl sites for hydroxylation is 1. The van der Waals surface area contributed by atoms with Crippen molar-refractivity contribution in [2.75, 3.05) is 0 Å². The lowest BCUT2D eigenvalue weighted by Crippen LogP contribution is -2.07. The van der Waals surface area contributed by atoms with Crippen LogP contribution < -0.4 is 0 Å². The third-order valence-corrected chi connectivity index (χ3v) is 3.33. The monoisotopic (exact) mass is 296 g/mol. The second-order valence-corrected chi connectivity index (χ2v) is 4.98. The Balaban J connectivity index is 2.14. The summed E-state index contributed by atoms with van der Waals surface area (Å²) in [5, 5.41) is 13.7.